The van der Waals surface area contributed by atoms with E-state index < -0.39 is 15.9 Å². The molecule has 0 saturated heterocycles. The van der Waals surface area contributed by atoms with Crippen molar-refractivity contribution in [2.24, 2.45) is 0 Å². The fourth-order valence-electron chi connectivity index (χ4n) is 2.31. The average molecular weight is 437 g/mol. The third-order valence-corrected chi connectivity index (χ3v) is 6.72. The summed E-state index contributed by atoms with van der Waals surface area (Å²) in [6.07, 6.45) is 0. The fourth-order valence-corrected chi connectivity index (χ4v) is 4.49. The van der Waals surface area contributed by atoms with E-state index in [4.69, 9.17) is 11.6 Å². The van der Waals surface area contributed by atoms with Crippen LogP contribution in [0.25, 0.3) is 0 Å². The van der Waals surface area contributed by atoms with E-state index in [0.29, 0.717) is 11.6 Å². The zero-order chi connectivity index (χ0) is 20.3. The lowest BCUT2D eigenvalue weighted by molar-refractivity contribution is 0.102. The molecule has 1 amide bonds. The van der Waals surface area contributed by atoms with Gasteiger partial charge in [0.2, 0.25) is 5.13 Å². The number of carbonyl (C=O) groups is 1. The van der Waals surface area contributed by atoms with Crippen LogP contribution in [0.3, 0.4) is 0 Å². The number of hydrogen-bond donors (Lipinski definition) is 2. The van der Waals surface area contributed by atoms with Crippen molar-refractivity contribution in [3.63, 3.8) is 0 Å². The maximum absolute atomic E-state index is 12.5. The highest BCUT2D eigenvalue weighted by atomic mass is 35.5. The number of aromatic nitrogens is 2. The van der Waals surface area contributed by atoms with Gasteiger partial charge in [-0.15, -0.1) is 10.2 Å². The van der Waals surface area contributed by atoms with Gasteiger partial charge in [-0.05, 0) is 35.7 Å². The third kappa shape index (κ3) is 4.67. The minimum Gasteiger partial charge on any atom is -0.296 e. The molecule has 0 aliphatic heterocycles. The summed E-state index contributed by atoms with van der Waals surface area (Å²) in [5.41, 5.74) is 1.77. The standard InChI is InChI=1S/C18H17ClN4O3S2/c1-11(2)12-7-9-13(10-8-12)23-28(25,26)18-22-21-17(27-18)20-16(24)14-5-3-4-6-15(14)19/h3-11,23H,1-2H3,(H,20,21,24). The van der Waals surface area contributed by atoms with Gasteiger partial charge in [0.15, 0.2) is 0 Å². The lowest BCUT2D eigenvalue weighted by Gasteiger charge is -2.08. The quantitative estimate of drug-likeness (QED) is 0.559. The first-order chi connectivity index (χ1) is 13.3. The summed E-state index contributed by atoms with van der Waals surface area (Å²) in [5, 5.41) is 10.2. The molecule has 7 nitrogen and oxygen atoms in total. The normalized spacial score (nSPS) is 11.4. The number of hydrogen-bond acceptors (Lipinski definition) is 6. The number of anilines is 2. The molecule has 0 unspecified atom stereocenters. The molecule has 0 fully saturated rings. The third-order valence-electron chi connectivity index (χ3n) is 3.80. The summed E-state index contributed by atoms with van der Waals surface area (Å²) >= 11 is 6.73. The monoisotopic (exact) mass is 436 g/mol. The van der Waals surface area contributed by atoms with E-state index in [9.17, 15) is 13.2 Å². The number of halogens is 1. The second kappa shape index (κ2) is 8.26. The Morgan fingerprint density at radius 3 is 2.39 bits per heavy atom. The van der Waals surface area contributed by atoms with Gasteiger partial charge in [0, 0.05) is 5.69 Å². The first-order valence-corrected chi connectivity index (χ1v) is 11.0. The van der Waals surface area contributed by atoms with Crippen LogP contribution in [0, 0.1) is 0 Å². The van der Waals surface area contributed by atoms with Gasteiger partial charge in [-0.1, -0.05) is 61.1 Å². The predicted octanol–water partition coefficient (Wildman–Crippen LogP) is 4.37. The van der Waals surface area contributed by atoms with Crippen molar-refractivity contribution >= 4 is 49.7 Å². The van der Waals surface area contributed by atoms with Crippen molar-refractivity contribution in [1.82, 2.24) is 10.2 Å². The van der Waals surface area contributed by atoms with Crippen molar-refractivity contribution in [1.29, 1.82) is 0 Å². The number of carbonyl (C=O) groups excluding carboxylic acids is 1. The average Bonchev–Trinajstić information content (AvgIpc) is 3.11. The molecule has 0 radical (unpaired) electrons. The second-order valence-electron chi connectivity index (χ2n) is 6.19. The van der Waals surface area contributed by atoms with Crippen molar-refractivity contribution < 1.29 is 13.2 Å². The molecular weight excluding hydrogens is 420 g/mol. The van der Waals surface area contributed by atoms with Crippen molar-refractivity contribution in [3.05, 3.63) is 64.7 Å². The molecule has 0 aliphatic carbocycles. The maximum Gasteiger partial charge on any atom is 0.291 e. The van der Waals surface area contributed by atoms with Gasteiger partial charge in [-0.2, -0.15) is 8.42 Å². The van der Waals surface area contributed by atoms with Crippen LogP contribution in [-0.2, 0) is 10.0 Å². The Kier molecular flexibility index (Phi) is 5.97. The molecule has 0 atom stereocenters. The molecule has 3 rings (SSSR count). The number of sulfonamides is 1. The summed E-state index contributed by atoms with van der Waals surface area (Å²) in [6, 6.07) is 13.6. The van der Waals surface area contributed by atoms with Crippen molar-refractivity contribution in [2.45, 2.75) is 24.1 Å². The van der Waals surface area contributed by atoms with Gasteiger partial charge in [0.25, 0.3) is 20.3 Å². The second-order valence-corrected chi connectivity index (χ2v) is 9.43. The number of nitrogens with one attached hydrogen (secondary N) is 2. The highest BCUT2D eigenvalue weighted by Gasteiger charge is 2.22. The van der Waals surface area contributed by atoms with Crippen LogP contribution in [0.4, 0.5) is 10.8 Å². The van der Waals surface area contributed by atoms with Gasteiger partial charge >= 0.3 is 0 Å². The summed E-state index contributed by atoms with van der Waals surface area (Å²) in [7, 11) is -3.92. The molecule has 146 valence electrons. The predicted molar refractivity (Wildman–Crippen MR) is 111 cm³/mol. The van der Waals surface area contributed by atoms with E-state index in [2.05, 4.69) is 34.1 Å². The van der Waals surface area contributed by atoms with Gasteiger partial charge in [-0.25, -0.2) is 0 Å². The first kappa shape index (κ1) is 20.2. The highest BCUT2D eigenvalue weighted by Crippen LogP contribution is 2.25. The molecule has 2 N–H and O–H groups in total. The topological polar surface area (TPSA) is 101 Å². The SMILES string of the molecule is CC(C)c1ccc(NS(=O)(=O)c2nnc(NC(=O)c3ccccc3Cl)s2)cc1. The first-order valence-electron chi connectivity index (χ1n) is 8.28. The van der Waals surface area contributed by atoms with Crippen LogP contribution in [-0.4, -0.2) is 24.5 Å². The summed E-state index contributed by atoms with van der Waals surface area (Å²) in [4.78, 5) is 12.3. The summed E-state index contributed by atoms with van der Waals surface area (Å²) < 4.78 is 27.2. The van der Waals surface area contributed by atoms with Crippen LogP contribution in [0.2, 0.25) is 5.02 Å². The maximum atomic E-state index is 12.5. The van der Waals surface area contributed by atoms with Gasteiger partial charge in [0.05, 0.1) is 10.6 Å². The van der Waals surface area contributed by atoms with Gasteiger partial charge < -0.3 is 0 Å². The molecule has 10 heteroatoms. The van der Waals surface area contributed by atoms with Gasteiger partial charge in [0.1, 0.15) is 0 Å². The van der Waals surface area contributed by atoms with E-state index in [-0.39, 0.29) is 20.1 Å². The van der Waals surface area contributed by atoms with E-state index in [1.807, 2.05) is 12.1 Å². The molecule has 0 spiro atoms. The Balaban J connectivity index is 1.73. The molecule has 0 bridgehead atoms. The van der Waals surface area contributed by atoms with Crippen LogP contribution >= 0.6 is 22.9 Å². The Morgan fingerprint density at radius 1 is 1.07 bits per heavy atom. The fraction of sp³-hybridized carbons (Fsp3) is 0.167. The van der Waals surface area contributed by atoms with E-state index in [1.165, 1.54) is 0 Å². The number of nitrogens with zero attached hydrogens (tertiary/aromatic N) is 2. The minimum absolute atomic E-state index is 0.0560. The van der Waals surface area contributed by atoms with Crippen LogP contribution in [0.5, 0.6) is 0 Å². The lowest BCUT2D eigenvalue weighted by Crippen LogP contribution is -2.12. The van der Waals surface area contributed by atoms with E-state index >= 15 is 0 Å². The zero-order valence-corrected chi connectivity index (χ0v) is 17.4. The smallest absolute Gasteiger partial charge is 0.291 e. The molecule has 1 aromatic heterocycles. The van der Waals surface area contributed by atoms with Crippen LogP contribution < -0.4 is 10.0 Å². The van der Waals surface area contributed by atoms with E-state index in [1.54, 1.807) is 36.4 Å². The highest BCUT2D eigenvalue weighted by molar-refractivity contribution is 7.94. The number of benzene rings is 2. The Hall–Kier alpha value is -2.49. The van der Waals surface area contributed by atoms with Crippen molar-refractivity contribution in [3.8, 4) is 0 Å². The molecule has 28 heavy (non-hydrogen) atoms. The van der Waals surface area contributed by atoms with Gasteiger partial charge in [-0.3, -0.25) is 14.8 Å². The van der Waals surface area contributed by atoms with E-state index in [0.717, 1.165) is 16.9 Å². The minimum atomic E-state index is -3.92. The summed E-state index contributed by atoms with van der Waals surface area (Å²) in [6.45, 7) is 4.11. The zero-order valence-electron chi connectivity index (χ0n) is 15.0. The molecule has 0 aliphatic rings. The van der Waals surface area contributed by atoms with Crippen LogP contribution in [0.1, 0.15) is 35.7 Å². The molecule has 0 saturated carbocycles. The lowest BCUT2D eigenvalue weighted by atomic mass is 10.0. The molecule has 2 aromatic carbocycles. The summed E-state index contributed by atoms with van der Waals surface area (Å²) in [5.74, 6) is -0.152. The molecule has 3 aromatic rings. The number of rotatable bonds is 6. The Bertz CT molecular complexity index is 1100. The molecular formula is C18H17ClN4O3S2. The number of amides is 1. The molecule has 1 heterocycles. The Labute approximate surface area is 171 Å². The largest absolute Gasteiger partial charge is 0.296 e. The Morgan fingerprint density at radius 2 is 1.75 bits per heavy atom. The van der Waals surface area contributed by atoms with Crippen LogP contribution in [0.15, 0.2) is 52.9 Å². The van der Waals surface area contributed by atoms with Crippen molar-refractivity contribution in [2.75, 3.05) is 10.0 Å².